The molecule has 0 amide bonds. The predicted octanol–water partition coefficient (Wildman–Crippen LogP) is 7.35. The van der Waals surface area contributed by atoms with Crippen LogP contribution in [0.25, 0.3) is 11.1 Å². The largest absolute Gasteiger partial charge is 0.486 e. The van der Waals surface area contributed by atoms with Crippen LogP contribution in [0, 0.1) is 29.2 Å². The van der Waals surface area contributed by atoms with Crippen LogP contribution in [-0.4, -0.2) is 23.8 Å². The number of ether oxygens (including phenoxy) is 2. The van der Waals surface area contributed by atoms with E-state index >= 15 is 8.78 Å². The minimum Gasteiger partial charge on any atom is -0.486 e. The molecule has 1 fully saturated rings. The van der Waals surface area contributed by atoms with Crippen LogP contribution in [0.15, 0.2) is 61.2 Å². The Morgan fingerprint density at radius 2 is 1.55 bits per heavy atom. The van der Waals surface area contributed by atoms with Crippen LogP contribution >= 0.6 is 0 Å². The van der Waals surface area contributed by atoms with E-state index in [1.165, 1.54) is 36.4 Å². The van der Waals surface area contributed by atoms with Crippen molar-refractivity contribution < 1.29 is 36.9 Å². The Hall–Kier alpha value is -3.65. The summed E-state index contributed by atoms with van der Waals surface area (Å²) in [6.45, 7) is 5.15. The number of esters is 1. The molecule has 1 unspecified atom stereocenters. The lowest BCUT2D eigenvalue weighted by Gasteiger charge is -2.30. The molecule has 1 N–H and O–H groups in total. The maximum Gasteiger partial charge on any atom is 0.343 e. The summed E-state index contributed by atoms with van der Waals surface area (Å²) in [6, 6.07) is 10.8. The summed E-state index contributed by atoms with van der Waals surface area (Å²) in [7, 11) is 0. The topological polar surface area (TPSA) is 55.8 Å². The zero-order valence-electron chi connectivity index (χ0n) is 20.9. The van der Waals surface area contributed by atoms with Crippen LogP contribution in [0.1, 0.15) is 54.4 Å². The van der Waals surface area contributed by atoms with Crippen molar-refractivity contribution in [2.24, 2.45) is 5.92 Å². The molecule has 1 atom stereocenters. The Kier molecular flexibility index (Phi) is 8.52. The van der Waals surface area contributed by atoms with Crippen molar-refractivity contribution in [3.05, 3.63) is 95.6 Å². The normalized spacial score (nSPS) is 18.1. The highest BCUT2D eigenvalue weighted by Crippen LogP contribution is 2.40. The van der Waals surface area contributed by atoms with Crippen molar-refractivity contribution in [2.75, 3.05) is 6.61 Å². The predicted molar refractivity (Wildman–Crippen MR) is 135 cm³/mol. The van der Waals surface area contributed by atoms with E-state index in [1.807, 2.05) is 0 Å². The van der Waals surface area contributed by atoms with Crippen molar-refractivity contribution in [1.29, 1.82) is 0 Å². The Bertz CT molecular complexity index is 1310. The molecule has 3 aromatic rings. The van der Waals surface area contributed by atoms with Crippen molar-refractivity contribution in [2.45, 2.75) is 44.6 Å². The van der Waals surface area contributed by atoms with Gasteiger partial charge in [0.05, 0.1) is 11.7 Å². The SMILES string of the molecule is C=CCOc1ccc(OC(=O)c2ccc(-c3ccc(C4CCC(C(C)O)CC4)c(F)c3F)cc2)c(F)c1F. The fraction of sp³-hybridized carbons (Fsp3) is 0.300. The summed E-state index contributed by atoms with van der Waals surface area (Å²) < 4.78 is 68.5. The average Bonchev–Trinajstić information content (AvgIpc) is 2.92. The lowest BCUT2D eigenvalue weighted by molar-refractivity contribution is 0.0726. The van der Waals surface area contributed by atoms with Gasteiger partial charge in [0.25, 0.3) is 0 Å². The van der Waals surface area contributed by atoms with Gasteiger partial charge < -0.3 is 14.6 Å². The molecule has 4 nitrogen and oxygen atoms in total. The summed E-state index contributed by atoms with van der Waals surface area (Å²) in [4.78, 5) is 12.5. The number of carbonyl (C=O) groups is 1. The van der Waals surface area contributed by atoms with Gasteiger partial charge in [-0.25, -0.2) is 13.6 Å². The molecule has 38 heavy (non-hydrogen) atoms. The third-order valence-corrected chi connectivity index (χ3v) is 7.01. The number of aliphatic hydroxyl groups excluding tert-OH is 1. The minimum atomic E-state index is -1.38. The van der Waals surface area contributed by atoms with Gasteiger partial charge in [-0.3, -0.25) is 0 Å². The van der Waals surface area contributed by atoms with Gasteiger partial charge in [0.2, 0.25) is 11.6 Å². The minimum absolute atomic E-state index is 0.00733. The first kappa shape index (κ1) is 27.4. The molecular formula is C30H28F4O4. The van der Waals surface area contributed by atoms with Crippen LogP contribution in [-0.2, 0) is 0 Å². The molecule has 200 valence electrons. The molecule has 0 saturated heterocycles. The van der Waals surface area contributed by atoms with Gasteiger partial charge in [-0.15, -0.1) is 0 Å². The molecule has 1 aliphatic rings. The van der Waals surface area contributed by atoms with E-state index < -0.39 is 41.1 Å². The van der Waals surface area contributed by atoms with Gasteiger partial charge in [-0.2, -0.15) is 8.78 Å². The fourth-order valence-electron chi connectivity index (χ4n) is 4.81. The molecule has 0 bridgehead atoms. The van der Waals surface area contributed by atoms with Gasteiger partial charge in [-0.05, 0) is 79.8 Å². The summed E-state index contributed by atoms with van der Waals surface area (Å²) in [5.74, 6) is -6.42. The van der Waals surface area contributed by atoms with Gasteiger partial charge in [0.15, 0.2) is 23.1 Å². The van der Waals surface area contributed by atoms with Crippen LogP contribution in [0.3, 0.4) is 0 Å². The lowest BCUT2D eigenvalue weighted by atomic mass is 9.76. The summed E-state index contributed by atoms with van der Waals surface area (Å²) >= 11 is 0. The first-order chi connectivity index (χ1) is 18.2. The highest BCUT2D eigenvalue weighted by Gasteiger charge is 2.28. The molecule has 0 spiro atoms. The smallest absolute Gasteiger partial charge is 0.343 e. The standard InChI is InChI=1S/C30H28F4O4/c1-3-16-37-24-14-15-25(29(34)28(24)33)38-30(36)21-10-8-20(9-11-21)23-13-12-22(26(31)27(23)32)19-6-4-18(5-7-19)17(2)35/h3,8-15,17-19,35H,1,4-7,16H2,2H3. The molecular weight excluding hydrogens is 500 g/mol. The Morgan fingerprint density at radius 1 is 0.921 bits per heavy atom. The number of benzene rings is 3. The first-order valence-corrected chi connectivity index (χ1v) is 12.4. The third-order valence-electron chi connectivity index (χ3n) is 7.01. The van der Waals surface area contributed by atoms with Crippen LogP contribution < -0.4 is 9.47 Å². The van der Waals surface area contributed by atoms with Crippen molar-refractivity contribution >= 4 is 5.97 Å². The van der Waals surface area contributed by atoms with Gasteiger partial charge in [0.1, 0.15) is 6.61 Å². The second-order valence-electron chi connectivity index (χ2n) is 9.44. The van der Waals surface area contributed by atoms with Crippen molar-refractivity contribution in [1.82, 2.24) is 0 Å². The molecule has 0 aromatic heterocycles. The van der Waals surface area contributed by atoms with E-state index in [2.05, 4.69) is 6.58 Å². The van der Waals surface area contributed by atoms with Gasteiger partial charge >= 0.3 is 5.97 Å². The highest BCUT2D eigenvalue weighted by molar-refractivity contribution is 5.91. The van der Waals surface area contributed by atoms with Crippen molar-refractivity contribution in [3.8, 4) is 22.6 Å². The molecule has 0 radical (unpaired) electrons. The van der Waals surface area contributed by atoms with E-state index in [4.69, 9.17) is 9.47 Å². The van der Waals surface area contributed by atoms with Crippen LogP contribution in [0.5, 0.6) is 11.5 Å². The van der Waals surface area contributed by atoms with E-state index in [0.717, 1.165) is 25.0 Å². The molecule has 1 saturated carbocycles. The van der Waals surface area contributed by atoms with Gasteiger partial charge in [0, 0.05) is 5.56 Å². The van der Waals surface area contributed by atoms with E-state index in [9.17, 15) is 18.7 Å². The number of rotatable bonds is 8. The number of aliphatic hydroxyl groups is 1. The quantitative estimate of drug-likeness (QED) is 0.144. The van der Waals surface area contributed by atoms with E-state index in [-0.39, 0.29) is 35.3 Å². The lowest BCUT2D eigenvalue weighted by Crippen LogP contribution is -2.23. The number of halogens is 4. The molecule has 8 heteroatoms. The maximum absolute atomic E-state index is 15.0. The van der Waals surface area contributed by atoms with E-state index in [0.29, 0.717) is 24.0 Å². The number of hydrogen-bond acceptors (Lipinski definition) is 4. The Labute approximate surface area is 218 Å². The maximum atomic E-state index is 15.0. The van der Waals surface area contributed by atoms with Crippen LogP contribution in [0.2, 0.25) is 0 Å². The molecule has 0 heterocycles. The average molecular weight is 529 g/mol. The number of hydrogen-bond donors (Lipinski definition) is 1. The van der Waals surface area contributed by atoms with E-state index in [1.54, 1.807) is 13.0 Å². The highest BCUT2D eigenvalue weighted by atomic mass is 19.2. The van der Waals surface area contributed by atoms with Crippen LogP contribution in [0.4, 0.5) is 17.6 Å². The monoisotopic (exact) mass is 528 g/mol. The summed E-state index contributed by atoms with van der Waals surface area (Å²) in [6.07, 6.45) is 3.82. The second kappa shape index (κ2) is 11.8. The summed E-state index contributed by atoms with van der Waals surface area (Å²) in [5.41, 5.74) is 0.703. The van der Waals surface area contributed by atoms with Crippen molar-refractivity contribution in [3.63, 3.8) is 0 Å². The molecule has 3 aromatic carbocycles. The molecule has 1 aliphatic carbocycles. The Balaban J connectivity index is 1.47. The zero-order chi connectivity index (χ0) is 27.4. The van der Waals surface area contributed by atoms with Gasteiger partial charge in [-0.1, -0.05) is 36.9 Å². The second-order valence-corrected chi connectivity index (χ2v) is 9.44. The third kappa shape index (κ3) is 5.75. The molecule has 4 rings (SSSR count). The Morgan fingerprint density at radius 3 is 2.18 bits per heavy atom. The number of carbonyl (C=O) groups excluding carboxylic acids is 1. The molecule has 0 aliphatic heterocycles. The fourth-order valence-corrected chi connectivity index (χ4v) is 4.81. The summed E-state index contributed by atoms with van der Waals surface area (Å²) in [5, 5.41) is 9.78. The zero-order valence-corrected chi connectivity index (χ0v) is 20.9. The first-order valence-electron chi connectivity index (χ1n) is 12.4.